The SMILES string of the molecule is O=S(=O)(c1cnn(C2CCOCC2)c1)N1CCN(Cc2ccon2)CC1. The largest absolute Gasteiger partial charge is 0.381 e. The van der Waals surface area contributed by atoms with Gasteiger partial charge in [0.1, 0.15) is 11.2 Å². The first-order valence-electron chi connectivity index (χ1n) is 8.86. The first-order valence-corrected chi connectivity index (χ1v) is 10.3. The van der Waals surface area contributed by atoms with E-state index in [1.54, 1.807) is 17.1 Å². The van der Waals surface area contributed by atoms with Crippen LogP contribution in [-0.4, -0.2) is 72.0 Å². The Hall–Kier alpha value is -1.75. The lowest BCUT2D eigenvalue weighted by atomic mass is 10.1. The van der Waals surface area contributed by atoms with Gasteiger partial charge in [-0.25, -0.2) is 8.42 Å². The van der Waals surface area contributed by atoms with E-state index in [-0.39, 0.29) is 10.9 Å². The maximum atomic E-state index is 12.9. The fourth-order valence-electron chi connectivity index (χ4n) is 3.43. The number of hydrogen-bond acceptors (Lipinski definition) is 7. The van der Waals surface area contributed by atoms with Crippen molar-refractivity contribution < 1.29 is 17.7 Å². The van der Waals surface area contributed by atoms with Gasteiger partial charge < -0.3 is 9.26 Å². The smallest absolute Gasteiger partial charge is 0.246 e. The number of piperazine rings is 1. The second-order valence-corrected chi connectivity index (χ2v) is 8.61. The van der Waals surface area contributed by atoms with Gasteiger partial charge in [-0.2, -0.15) is 9.40 Å². The number of aromatic nitrogens is 3. The molecule has 4 heterocycles. The topological polar surface area (TPSA) is 93.7 Å². The van der Waals surface area contributed by atoms with Crippen LogP contribution in [0.4, 0.5) is 0 Å². The zero-order valence-corrected chi connectivity index (χ0v) is 15.3. The number of hydrogen-bond donors (Lipinski definition) is 0. The van der Waals surface area contributed by atoms with Gasteiger partial charge in [0.05, 0.1) is 17.9 Å². The molecule has 0 spiro atoms. The Morgan fingerprint density at radius 3 is 2.62 bits per heavy atom. The second kappa shape index (κ2) is 7.47. The third kappa shape index (κ3) is 3.68. The molecule has 10 heteroatoms. The van der Waals surface area contributed by atoms with Crippen LogP contribution in [0.15, 0.2) is 34.1 Å². The molecule has 0 saturated carbocycles. The highest BCUT2D eigenvalue weighted by Crippen LogP contribution is 2.23. The van der Waals surface area contributed by atoms with Crippen molar-refractivity contribution >= 4 is 10.0 Å². The first-order chi connectivity index (χ1) is 12.6. The molecule has 0 unspecified atom stereocenters. The number of sulfonamides is 1. The Labute approximate surface area is 152 Å². The Balaban J connectivity index is 1.39. The average Bonchev–Trinajstić information content (AvgIpc) is 3.35. The van der Waals surface area contributed by atoms with Gasteiger partial charge in [-0.15, -0.1) is 0 Å². The molecule has 26 heavy (non-hydrogen) atoms. The summed E-state index contributed by atoms with van der Waals surface area (Å²) >= 11 is 0. The molecule has 2 aromatic heterocycles. The van der Waals surface area contributed by atoms with Crippen LogP contribution in [0.25, 0.3) is 0 Å². The molecule has 9 nitrogen and oxygen atoms in total. The molecule has 2 aromatic rings. The van der Waals surface area contributed by atoms with Gasteiger partial charge in [0.25, 0.3) is 0 Å². The van der Waals surface area contributed by atoms with Gasteiger partial charge in [-0.05, 0) is 12.8 Å². The van der Waals surface area contributed by atoms with Gasteiger partial charge in [-0.3, -0.25) is 9.58 Å². The summed E-state index contributed by atoms with van der Waals surface area (Å²) < 4.78 is 39.3. The molecule has 2 fully saturated rings. The van der Waals surface area contributed by atoms with Crippen LogP contribution < -0.4 is 0 Å². The Kier molecular flexibility index (Phi) is 5.07. The molecule has 142 valence electrons. The van der Waals surface area contributed by atoms with E-state index in [4.69, 9.17) is 9.26 Å². The fourth-order valence-corrected chi connectivity index (χ4v) is 4.79. The highest BCUT2D eigenvalue weighted by atomic mass is 32.2. The summed E-state index contributed by atoms with van der Waals surface area (Å²) in [6, 6.07) is 2.04. The minimum absolute atomic E-state index is 0.215. The Morgan fingerprint density at radius 2 is 1.92 bits per heavy atom. The third-order valence-electron chi connectivity index (χ3n) is 4.99. The minimum Gasteiger partial charge on any atom is -0.381 e. The normalized spacial score (nSPS) is 21.2. The lowest BCUT2D eigenvalue weighted by molar-refractivity contribution is 0.0662. The van der Waals surface area contributed by atoms with E-state index in [0.717, 1.165) is 18.5 Å². The van der Waals surface area contributed by atoms with E-state index >= 15 is 0 Å². The molecule has 2 aliphatic heterocycles. The summed E-state index contributed by atoms with van der Waals surface area (Å²) in [5, 5.41) is 8.20. The summed E-state index contributed by atoms with van der Waals surface area (Å²) in [5.41, 5.74) is 0.860. The van der Waals surface area contributed by atoms with Crippen molar-refractivity contribution in [1.29, 1.82) is 0 Å². The van der Waals surface area contributed by atoms with Gasteiger partial charge >= 0.3 is 0 Å². The van der Waals surface area contributed by atoms with E-state index in [2.05, 4.69) is 15.2 Å². The molecular formula is C16H23N5O4S. The predicted molar refractivity (Wildman–Crippen MR) is 91.9 cm³/mol. The molecule has 0 amide bonds. The maximum absolute atomic E-state index is 12.9. The zero-order chi connectivity index (χ0) is 18.0. The van der Waals surface area contributed by atoms with Crippen molar-refractivity contribution in [3.8, 4) is 0 Å². The van der Waals surface area contributed by atoms with Gasteiger partial charge in [0.2, 0.25) is 10.0 Å². The summed E-state index contributed by atoms with van der Waals surface area (Å²) in [6.07, 6.45) is 6.40. The zero-order valence-electron chi connectivity index (χ0n) is 14.5. The van der Waals surface area contributed by atoms with E-state index in [9.17, 15) is 8.42 Å². The van der Waals surface area contributed by atoms with Crippen LogP contribution >= 0.6 is 0 Å². The lowest BCUT2D eigenvalue weighted by Crippen LogP contribution is -2.48. The fraction of sp³-hybridized carbons (Fsp3) is 0.625. The molecule has 0 N–H and O–H groups in total. The molecule has 0 aliphatic carbocycles. The lowest BCUT2D eigenvalue weighted by Gasteiger charge is -2.33. The van der Waals surface area contributed by atoms with Crippen LogP contribution in [-0.2, 0) is 21.3 Å². The molecule has 0 atom stereocenters. The Bertz CT molecular complexity index is 806. The highest BCUT2D eigenvalue weighted by molar-refractivity contribution is 7.89. The van der Waals surface area contributed by atoms with Gasteiger partial charge in [-0.1, -0.05) is 5.16 Å². The molecule has 0 radical (unpaired) electrons. The number of rotatable bonds is 5. The monoisotopic (exact) mass is 381 g/mol. The van der Waals surface area contributed by atoms with E-state index in [1.165, 1.54) is 10.5 Å². The van der Waals surface area contributed by atoms with Gasteiger partial charge in [0, 0.05) is 58.2 Å². The van der Waals surface area contributed by atoms with Crippen molar-refractivity contribution in [3.63, 3.8) is 0 Å². The van der Waals surface area contributed by atoms with E-state index in [1.807, 2.05) is 6.07 Å². The molecule has 0 aromatic carbocycles. The van der Waals surface area contributed by atoms with Crippen molar-refractivity contribution in [3.05, 3.63) is 30.4 Å². The van der Waals surface area contributed by atoms with Crippen LogP contribution in [0, 0.1) is 0 Å². The highest BCUT2D eigenvalue weighted by Gasteiger charge is 2.30. The molecule has 2 aliphatic rings. The van der Waals surface area contributed by atoms with Crippen LogP contribution in [0.2, 0.25) is 0 Å². The molecule has 0 bridgehead atoms. The average molecular weight is 381 g/mol. The predicted octanol–water partition coefficient (Wildman–Crippen LogP) is 0.729. The molecule has 2 saturated heterocycles. The quantitative estimate of drug-likeness (QED) is 0.754. The van der Waals surface area contributed by atoms with Crippen molar-refractivity contribution in [2.24, 2.45) is 0 Å². The second-order valence-electron chi connectivity index (χ2n) is 6.67. The number of nitrogens with zero attached hydrogens (tertiary/aromatic N) is 5. The molecule has 4 rings (SSSR count). The van der Waals surface area contributed by atoms with E-state index in [0.29, 0.717) is 45.9 Å². The Morgan fingerprint density at radius 1 is 1.15 bits per heavy atom. The number of ether oxygens (including phenoxy) is 1. The van der Waals surface area contributed by atoms with Gasteiger partial charge in [0.15, 0.2) is 0 Å². The summed E-state index contributed by atoms with van der Waals surface area (Å²) in [4.78, 5) is 2.45. The van der Waals surface area contributed by atoms with E-state index < -0.39 is 10.0 Å². The van der Waals surface area contributed by atoms with Crippen molar-refractivity contribution in [1.82, 2.24) is 24.1 Å². The minimum atomic E-state index is -3.51. The van der Waals surface area contributed by atoms with Crippen molar-refractivity contribution in [2.75, 3.05) is 39.4 Å². The van der Waals surface area contributed by atoms with Crippen LogP contribution in [0.1, 0.15) is 24.6 Å². The first kappa shape index (κ1) is 17.7. The summed E-state index contributed by atoms with van der Waals surface area (Å²) in [6.45, 7) is 4.32. The summed E-state index contributed by atoms with van der Waals surface area (Å²) in [7, 11) is -3.51. The molecular weight excluding hydrogens is 358 g/mol. The van der Waals surface area contributed by atoms with Crippen LogP contribution in [0.3, 0.4) is 0 Å². The third-order valence-corrected chi connectivity index (χ3v) is 6.84. The summed E-state index contributed by atoms with van der Waals surface area (Å²) in [5.74, 6) is 0. The van der Waals surface area contributed by atoms with Crippen LogP contribution in [0.5, 0.6) is 0 Å². The maximum Gasteiger partial charge on any atom is 0.246 e. The standard InChI is InChI=1S/C16H23N5O4S/c22-26(23,16-11-17-21(13-16)15-2-8-24-9-3-15)20-6-4-19(5-7-20)12-14-1-10-25-18-14/h1,10-11,13,15H,2-9,12H2. The van der Waals surface area contributed by atoms with Crippen molar-refractivity contribution in [2.45, 2.75) is 30.3 Å².